The number of sulfonamides is 1. The molecule has 1 heterocycles. The van der Waals surface area contributed by atoms with Crippen LogP contribution in [0, 0.1) is 0 Å². The Balaban J connectivity index is 1.80. The molecule has 1 N–H and O–H groups in total. The molecule has 29 heavy (non-hydrogen) atoms. The first-order valence-electron chi connectivity index (χ1n) is 8.79. The third-order valence-corrected chi connectivity index (χ3v) is 7.63. The number of aromatic nitrogens is 1. The van der Waals surface area contributed by atoms with Gasteiger partial charge in [-0.25, -0.2) is 13.4 Å². The third-order valence-electron chi connectivity index (χ3n) is 4.35. The predicted octanol–water partition coefficient (Wildman–Crippen LogP) is 4.85. The summed E-state index contributed by atoms with van der Waals surface area (Å²) >= 11 is 4.74. The van der Waals surface area contributed by atoms with Gasteiger partial charge in [0.2, 0.25) is 10.0 Å². The minimum Gasteiger partial charge on any atom is -0.298 e. The van der Waals surface area contributed by atoms with Gasteiger partial charge in [0.25, 0.3) is 5.91 Å². The molecule has 6 nitrogen and oxygen atoms in total. The lowest BCUT2D eigenvalue weighted by Crippen LogP contribution is -2.33. The molecule has 2 aromatic carbocycles. The molecule has 1 amide bonds. The highest BCUT2D eigenvalue weighted by Crippen LogP contribution is 2.27. The Bertz CT molecular complexity index is 1140. The van der Waals surface area contributed by atoms with Crippen LogP contribution in [0.3, 0.4) is 0 Å². The maximum atomic E-state index is 12.7. The average Bonchev–Trinajstić information content (AvgIpc) is 3.16. The zero-order valence-corrected chi connectivity index (χ0v) is 19.3. The van der Waals surface area contributed by atoms with Gasteiger partial charge in [-0.1, -0.05) is 34.1 Å². The van der Waals surface area contributed by atoms with E-state index in [9.17, 15) is 13.2 Å². The van der Waals surface area contributed by atoms with Crippen LogP contribution in [0.1, 0.15) is 24.2 Å². The molecule has 3 rings (SSSR count). The highest BCUT2D eigenvalue weighted by atomic mass is 79.9. The van der Waals surface area contributed by atoms with Crippen molar-refractivity contribution in [3.63, 3.8) is 0 Å². The number of nitrogens with one attached hydrogen (secondary N) is 1. The Labute approximate surface area is 182 Å². The summed E-state index contributed by atoms with van der Waals surface area (Å²) in [6, 6.07) is 13.5. The second-order valence-corrected chi connectivity index (χ2v) is 10.4. The molecular formula is C20H20BrN3O3S2. The predicted molar refractivity (Wildman–Crippen MR) is 120 cm³/mol. The molecule has 0 aliphatic carbocycles. The van der Waals surface area contributed by atoms with E-state index in [4.69, 9.17) is 0 Å². The largest absolute Gasteiger partial charge is 0.298 e. The Hall–Kier alpha value is -2.07. The van der Waals surface area contributed by atoms with E-state index in [1.807, 2.05) is 29.6 Å². The van der Waals surface area contributed by atoms with Gasteiger partial charge in [0.15, 0.2) is 5.13 Å². The fraction of sp³-hybridized carbons (Fsp3) is 0.200. The van der Waals surface area contributed by atoms with Crippen LogP contribution in [0.5, 0.6) is 0 Å². The van der Waals surface area contributed by atoms with Crippen LogP contribution in [0.15, 0.2) is 63.3 Å². The van der Waals surface area contributed by atoms with Crippen molar-refractivity contribution in [1.29, 1.82) is 0 Å². The molecule has 0 aliphatic rings. The van der Waals surface area contributed by atoms with Crippen molar-refractivity contribution in [2.75, 3.05) is 12.4 Å². The van der Waals surface area contributed by atoms with Crippen molar-refractivity contribution < 1.29 is 13.2 Å². The van der Waals surface area contributed by atoms with Crippen molar-refractivity contribution in [2.24, 2.45) is 0 Å². The topological polar surface area (TPSA) is 79.4 Å². The van der Waals surface area contributed by atoms with Gasteiger partial charge < -0.3 is 0 Å². The van der Waals surface area contributed by atoms with Gasteiger partial charge in [-0.15, -0.1) is 11.3 Å². The fourth-order valence-electron chi connectivity index (χ4n) is 2.52. The molecule has 1 aromatic heterocycles. The van der Waals surface area contributed by atoms with Crippen LogP contribution in [0.25, 0.3) is 11.3 Å². The molecule has 0 bridgehead atoms. The molecule has 0 radical (unpaired) electrons. The number of anilines is 1. The smallest absolute Gasteiger partial charge is 0.257 e. The lowest BCUT2D eigenvalue weighted by molar-refractivity contribution is 0.102. The van der Waals surface area contributed by atoms with Crippen molar-refractivity contribution in [3.8, 4) is 11.3 Å². The van der Waals surface area contributed by atoms with E-state index < -0.39 is 15.9 Å². The minimum atomic E-state index is -3.67. The van der Waals surface area contributed by atoms with Crippen LogP contribution in [0.2, 0.25) is 0 Å². The van der Waals surface area contributed by atoms with Crippen molar-refractivity contribution >= 4 is 48.3 Å². The summed E-state index contributed by atoms with van der Waals surface area (Å²) in [5, 5.41) is 5.04. The Kier molecular flexibility index (Phi) is 6.52. The van der Waals surface area contributed by atoms with Gasteiger partial charge in [0, 0.05) is 34.1 Å². The summed E-state index contributed by atoms with van der Waals surface area (Å²) in [7, 11) is -2.15. The maximum absolute atomic E-state index is 12.7. The molecule has 3 aromatic rings. The summed E-state index contributed by atoms with van der Waals surface area (Å²) < 4.78 is 27.6. The number of carbonyl (C=O) groups excluding carboxylic acids is 1. The van der Waals surface area contributed by atoms with E-state index in [1.165, 1.54) is 34.8 Å². The van der Waals surface area contributed by atoms with Gasteiger partial charge in [0.05, 0.1) is 10.6 Å². The van der Waals surface area contributed by atoms with Gasteiger partial charge in [-0.3, -0.25) is 10.1 Å². The molecule has 0 aliphatic heterocycles. The number of hydrogen-bond donors (Lipinski definition) is 1. The number of thiazole rings is 1. The summed E-state index contributed by atoms with van der Waals surface area (Å²) in [4.78, 5) is 17.2. The van der Waals surface area contributed by atoms with E-state index in [-0.39, 0.29) is 16.5 Å². The SMILES string of the molecule is CC(C)N(C)S(=O)(=O)c1cccc(C(=O)Nc2nc(-c3cccc(Br)c3)cs2)c1. The number of halogens is 1. The van der Waals surface area contributed by atoms with Crippen molar-refractivity contribution in [1.82, 2.24) is 9.29 Å². The van der Waals surface area contributed by atoms with Gasteiger partial charge in [-0.2, -0.15) is 4.31 Å². The van der Waals surface area contributed by atoms with E-state index in [0.29, 0.717) is 5.13 Å². The van der Waals surface area contributed by atoms with Crippen LogP contribution in [-0.4, -0.2) is 36.7 Å². The maximum Gasteiger partial charge on any atom is 0.257 e. The molecule has 0 atom stereocenters. The normalized spacial score (nSPS) is 11.8. The Morgan fingerprint density at radius 3 is 2.59 bits per heavy atom. The molecule has 0 unspecified atom stereocenters. The van der Waals surface area contributed by atoms with E-state index in [1.54, 1.807) is 26.0 Å². The van der Waals surface area contributed by atoms with Crippen LogP contribution in [-0.2, 0) is 10.0 Å². The number of hydrogen-bond acceptors (Lipinski definition) is 5. The van der Waals surface area contributed by atoms with Crippen molar-refractivity contribution in [2.45, 2.75) is 24.8 Å². The molecule has 0 fully saturated rings. The molecule has 0 saturated carbocycles. The third kappa shape index (κ3) is 4.92. The summed E-state index contributed by atoms with van der Waals surface area (Å²) in [5.41, 5.74) is 1.94. The van der Waals surface area contributed by atoms with Gasteiger partial charge in [-0.05, 0) is 44.2 Å². The summed E-state index contributed by atoms with van der Waals surface area (Å²) in [5.74, 6) is -0.413. The minimum absolute atomic E-state index is 0.0790. The second-order valence-electron chi connectivity index (χ2n) is 6.65. The van der Waals surface area contributed by atoms with Gasteiger partial charge in [0.1, 0.15) is 0 Å². The second kappa shape index (κ2) is 8.74. The molecule has 0 spiro atoms. The number of amides is 1. The van der Waals surface area contributed by atoms with Crippen molar-refractivity contribution in [3.05, 3.63) is 63.9 Å². The number of carbonyl (C=O) groups is 1. The zero-order chi connectivity index (χ0) is 21.2. The summed E-state index contributed by atoms with van der Waals surface area (Å²) in [6.45, 7) is 3.58. The molecular weight excluding hydrogens is 474 g/mol. The first-order valence-corrected chi connectivity index (χ1v) is 11.9. The van der Waals surface area contributed by atoms with Gasteiger partial charge >= 0.3 is 0 Å². The van der Waals surface area contributed by atoms with E-state index >= 15 is 0 Å². The lowest BCUT2D eigenvalue weighted by Gasteiger charge is -2.21. The van der Waals surface area contributed by atoms with Crippen LogP contribution < -0.4 is 5.32 Å². The van der Waals surface area contributed by atoms with E-state index in [2.05, 4.69) is 26.2 Å². The molecule has 9 heteroatoms. The average molecular weight is 494 g/mol. The first-order chi connectivity index (χ1) is 13.7. The first kappa shape index (κ1) is 21.6. The fourth-order valence-corrected chi connectivity index (χ4v) is 5.05. The summed E-state index contributed by atoms with van der Waals surface area (Å²) in [6.07, 6.45) is 0. The highest BCUT2D eigenvalue weighted by molar-refractivity contribution is 9.10. The number of benzene rings is 2. The quantitative estimate of drug-likeness (QED) is 0.531. The Morgan fingerprint density at radius 1 is 1.17 bits per heavy atom. The van der Waals surface area contributed by atoms with Crippen LogP contribution >= 0.6 is 27.3 Å². The monoisotopic (exact) mass is 493 g/mol. The number of rotatable bonds is 6. The zero-order valence-electron chi connectivity index (χ0n) is 16.1. The molecule has 0 saturated heterocycles. The molecule has 152 valence electrons. The standard InChI is InChI=1S/C20H20BrN3O3S2/c1-13(2)24(3)29(26,27)17-9-5-7-15(11-17)19(25)23-20-22-18(12-28-20)14-6-4-8-16(21)10-14/h4-13H,1-3H3,(H,22,23,25). The lowest BCUT2D eigenvalue weighted by atomic mass is 10.2. The van der Waals surface area contributed by atoms with E-state index in [0.717, 1.165) is 15.7 Å². The highest BCUT2D eigenvalue weighted by Gasteiger charge is 2.24. The Morgan fingerprint density at radius 2 is 1.90 bits per heavy atom. The number of nitrogens with zero attached hydrogens (tertiary/aromatic N) is 2. The van der Waals surface area contributed by atoms with Crippen LogP contribution in [0.4, 0.5) is 5.13 Å².